The van der Waals surface area contributed by atoms with Crippen LogP contribution in [0.2, 0.25) is 0 Å². The van der Waals surface area contributed by atoms with Gasteiger partial charge in [0.2, 0.25) is 0 Å². The average molecular weight is 401 g/mol. The van der Waals surface area contributed by atoms with Crippen LogP contribution >= 0.6 is 24.8 Å². The number of nitrogens with zero attached hydrogens (tertiary/aromatic N) is 3. The number of aromatic nitrogens is 2. The minimum atomic E-state index is -0.339. The van der Waals surface area contributed by atoms with Crippen LogP contribution in [0.1, 0.15) is 37.5 Å². The first kappa shape index (κ1) is 21.0. The first-order valence-corrected chi connectivity index (χ1v) is 8.76. The van der Waals surface area contributed by atoms with Gasteiger partial charge in [0.1, 0.15) is 11.9 Å². The van der Waals surface area contributed by atoms with Crippen molar-refractivity contribution < 1.29 is 9.53 Å². The lowest BCUT2D eigenvalue weighted by Crippen LogP contribution is -2.39. The summed E-state index contributed by atoms with van der Waals surface area (Å²) in [6.07, 6.45) is 3.29. The zero-order valence-corrected chi connectivity index (χ0v) is 16.5. The maximum absolute atomic E-state index is 12.9. The van der Waals surface area contributed by atoms with Gasteiger partial charge in [-0.1, -0.05) is 12.1 Å². The molecule has 1 amide bonds. The van der Waals surface area contributed by atoms with Gasteiger partial charge < -0.3 is 19.9 Å². The Balaban J connectivity index is 0.00000121. The normalized spacial score (nSPS) is 25.2. The maximum atomic E-state index is 12.9. The van der Waals surface area contributed by atoms with Gasteiger partial charge in [0, 0.05) is 20.1 Å². The quantitative estimate of drug-likeness (QED) is 0.858. The van der Waals surface area contributed by atoms with Crippen molar-refractivity contribution in [2.24, 2.45) is 12.8 Å². The summed E-state index contributed by atoms with van der Waals surface area (Å²) in [6, 6.07) is 8.14. The van der Waals surface area contributed by atoms with Gasteiger partial charge in [-0.15, -0.1) is 24.8 Å². The molecule has 26 heavy (non-hydrogen) atoms. The van der Waals surface area contributed by atoms with Gasteiger partial charge in [0.05, 0.1) is 23.2 Å². The predicted molar refractivity (Wildman–Crippen MR) is 106 cm³/mol. The Morgan fingerprint density at radius 2 is 2.04 bits per heavy atom. The van der Waals surface area contributed by atoms with E-state index in [2.05, 4.69) is 10.6 Å². The summed E-state index contributed by atoms with van der Waals surface area (Å²) in [5.41, 5.74) is 7.75. The predicted octanol–water partition coefficient (Wildman–Crippen LogP) is 2.59. The lowest BCUT2D eigenvalue weighted by molar-refractivity contribution is -0.143. The van der Waals surface area contributed by atoms with E-state index >= 15 is 0 Å². The summed E-state index contributed by atoms with van der Waals surface area (Å²) in [7, 11) is 2.03. The highest BCUT2D eigenvalue weighted by molar-refractivity contribution is 5.85. The monoisotopic (exact) mass is 400 g/mol. The molecule has 144 valence electrons. The Bertz CT molecular complexity index is 767. The molecule has 2 fully saturated rings. The van der Waals surface area contributed by atoms with Crippen LogP contribution in [0, 0.1) is 0 Å². The lowest BCUT2D eigenvalue weighted by Gasteiger charge is -2.27. The molecule has 2 aliphatic rings. The molecule has 3 heterocycles. The molecule has 6 nitrogen and oxygen atoms in total. The summed E-state index contributed by atoms with van der Waals surface area (Å²) in [6.45, 7) is 1.26. The van der Waals surface area contributed by atoms with Crippen molar-refractivity contribution >= 4 is 41.8 Å². The number of amides is 1. The molecule has 1 unspecified atom stereocenters. The minimum Gasteiger partial charge on any atom is -0.364 e. The molecule has 0 saturated carbocycles. The molecule has 3 atom stereocenters. The molecule has 0 aliphatic carbocycles. The third kappa shape index (κ3) is 3.56. The lowest BCUT2D eigenvalue weighted by atomic mass is 10.1. The molecule has 0 spiro atoms. The molecule has 2 aliphatic heterocycles. The number of benzene rings is 1. The van der Waals surface area contributed by atoms with Gasteiger partial charge in [-0.2, -0.15) is 0 Å². The first-order valence-electron chi connectivity index (χ1n) is 8.76. The van der Waals surface area contributed by atoms with Crippen molar-refractivity contribution in [2.75, 3.05) is 13.1 Å². The number of carbonyl (C=O) groups excluding carboxylic acids is 1. The van der Waals surface area contributed by atoms with Gasteiger partial charge in [-0.05, 0) is 37.8 Å². The number of ether oxygens (including phenoxy) is 1. The van der Waals surface area contributed by atoms with E-state index in [-0.39, 0.29) is 49.0 Å². The second-order valence-electron chi connectivity index (χ2n) is 6.77. The molecule has 8 heteroatoms. The van der Waals surface area contributed by atoms with Gasteiger partial charge in [0.15, 0.2) is 0 Å². The summed E-state index contributed by atoms with van der Waals surface area (Å²) in [5.74, 6) is 1.07. The van der Waals surface area contributed by atoms with E-state index in [9.17, 15) is 4.79 Å². The fourth-order valence-electron chi connectivity index (χ4n) is 4.01. The third-order valence-corrected chi connectivity index (χ3v) is 5.30. The molecule has 4 rings (SSSR count). The molecule has 2 aromatic rings. The Morgan fingerprint density at radius 3 is 2.73 bits per heavy atom. The van der Waals surface area contributed by atoms with Gasteiger partial charge in [-0.25, -0.2) is 4.98 Å². The Labute approximate surface area is 165 Å². The fourth-order valence-corrected chi connectivity index (χ4v) is 4.01. The SMILES string of the molecule is Cl.Cl.Cn1c(C2CCCN2C(=O)[C@@H]2CC[C@H](CN)O2)nc2ccccc21. The highest BCUT2D eigenvalue weighted by Crippen LogP contribution is 2.35. The maximum Gasteiger partial charge on any atom is 0.252 e. The zero-order chi connectivity index (χ0) is 16.7. The molecule has 2 saturated heterocycles. The summed E-state index contributed by atoms with van der Waals surface area (Å²) < 4.78 is 7.93. The summed E-state index contributed by atoms with van der Waals surface area (Å²) in [4.78, 5) is 19.7. The van der Waals surface area contributed by atoms with E-state index in [0.717, 1.165) is 49.1 Å². The molecule has 0 radical (unpaired) electrons. The fraction of sp³-hybridized carbons (Fsp3) is 0.556. The first-order chi connectivity index (χ1) is 11.7. The van der Waals surface area contributed by atoms with Crippen LogP contribution in [0.25, 0.3) is 11.0 Å². The van der Waals surface area contributed by atoms with Crippen LogP contribution in [0.5, 0.6) is 0 Å². The molecule has 1 aromatic carbocycles. The number of hydrogen-bond acceptors (Lipinski definition) is 4. The molecule has 2 N–H and O–H groups in total. The van der Waals surface area contributed by atoms with E-state index in [4.69, 9.17) is 15.5 Å². The Kier molecular flexibility index (Phi) is 6.91. The van der Waals surface area contributed by atoms with Crippen molar-refractivity contribution in [3.8, 4) is 0 Å². The number of rotatable bonds is 3. The Morgan fingerprint density at radius 1 is 1.27 bits per heavy atom. The number of para-hydroxylation sites is 2. The van der Waals surface area contributed by atoms with Gasteiger partial charge in [0.25, 0.3) is 5.91 Å². The van der Waals surface area contributed by atoms with E-state index in [0.29, 0.717) is 6.54 Å². The van der Waals surface area contributed by atoms with Gasteiger partial charge >= 0.3 is 0 Å². The van der Waals surface area contributed by atoms with Crippen molar-refractivity contribution in [1.82, 2.24) is 14.5 Å². The summed E-state index contributed by atoms with van der Waals surface area (Å²) in [5, 5.41) is 0. The van der Waals surface area contributed by atoms with E-state index in [1.54, 1.807) is 0 Å². The zero-order valence-electron chi connectivity index (χ0n) is 14.8. The van der Waals surface area contributed by atoms with Gasteiger partial charge in [-0.3, -0.25) is 4.79 Å². The minimum absolute atomic E-state index is 0. The smallest absolute Gasteiger partial charge is 0.252 e. The van der Waals surface area contributed by atoms with E-state index < -0.39 is 0 Å². The molecular weight excluding hydrogens is 375 g/mol. The standard InChI is InChI=1S/C18H24N4O2.2ClH/c1-21-14-6-3-2-5-13(14)20-17(21)15-7-4-10-22(15)18(23)16-9-8-12(11-19)24-16;;/h2-3,5-6,12,15-16H,4,7-11,19H2,1H3;2*1H/t12-,15?,16+;;/m1../s1. The molecule has 1 aromatic heterocycles. The van der Waals surface area contributed by atoms with Crippen LogP contribution in [-0.4, -0.2) is 45.7 Å². The van der Waals surface area contributed by atoms with Crippen molar-refractivity contribution in [1.29, 1.82) is 0 Å². The second-order valence-corrected chi connectivity index (χ2v) is 6.77. The molecular formula is C18H26Cl2N4O2. The van der Waals surface area contributed by atoms with E-state index in [1.807, 2.05) is 30.1 Å². The van der Waals surface area contributed by atoms with Crippen molar-refractivity contribution in [3.63, 3.8) is 0 Å². The number of hydrogen-bond donors (Lipinski definition) is 1. The third-order valence-electron chi connectivity index (χ3n) is 5.30. The molecule has 0 bridgehead atoms. The van der Waals surface area contributed by atoms with Crippen molar-refractivity contribution in [3.05, 3.63) is 30.1 Å². The highest BCUT2D eigenvalue weighted by atomic mass is 35.5. The second kappa shape index (κ2) is 8.57. The van der Waals surface area contributed by atoms with Crippen molar-refractivity contribution in [2.45, 2.75) is 43.9 Å². The van der Waals surface area contributed by atoms with Crippen LogP contribution in [0.3, 0.4) is 0 Å². The van der Waals surface area contributed by atoms with Crippen LogP contribution in [0.4, 0.5) is 0 Å². The topological polar surface area (TPSA) is 73.4 Å². The number of likely N-dealkylation sites (tertiary alicyclic amines) is 1. The number of nitrogens with two attached hydrogens (primary N) is 1. The highest BCUT2D eigenvalue weighted by Gasteiger charge is 2.39. The number of aryl methyl sites for hydroxylation is 1. The largest absolute Gasteiger partial charge is 0.364 e. The van der Waals surface area contributed by atoms with Crippen LogP contribution in [0.15, 0.2) is 24.3 Å². The van der Waals surface area contributed by atoms with E-state index in [1.165, 1.54) is 0 Å². The number of carbonyl (C=O) groups is 1. The number of imidazole rings is 1. The Hall–Kier alpha value is -1.34. The average Bonchev–Trinajstić information content (AvgIpc) is 3.33. The van der Waals surface area contributed by atoms with Crippen LogP contribution in [-0.2, 0) is 16.6 Å². The number of fused-ring (bicyclic) bond motifs is 1. The van der Waals surface area contributed by atoms with Crippen LogP contribution < -0.4 is 5.73 Å². The number of halogens is 2. The summed E-state index contributed by atoms with van der Waals surface area (Å²) >= 11 is 0.